The van der Waals surface area contributed by atoms with Crippen LogP contribution in [0.25, 0.3) is 0 Å². The Balaban J connectivity index is 4.11. The first-order chi connectivity index (χ1) is 43.0. The molecule has 0 aromatic heterocycles. The van der Waals surface area contributed by atoms with Gasteiger partial charge in [0.15, 0.2) is 6.10 Å². The van der Waals surface area contributed by atoms with Crippen LogP contribution in [-0.2, 0) is 32.7 Å². The number of nitrogens with zero attached hydrogens (tertiary/aromatic N) is 1. The van der Waals surface area contributed by atoms with E-state index in [1.54, 1.807) is 0 Å². The molecule has 0 saturated carbocycles. The van der Waals surface area contributed by atoms with Crippen LogP contribution in [0.15, 0.2) is 170 Å². The second-order valence-corrected chi connectivity index (χ2v) is 25.3. The summed E-state index contributed by atoms with van der Waals surface area (Å²) in [5.74, 6) is -0.815. The maximum atomic E-state index is 12.9. The lowest BCUT2D eigenvalue weighted by Crippen LogP contribution is -2.37. The van der Waals surface area contributed by atoms with Crippen LogP contribution in [0.3, 0.4) is 0 Å². The van der Waals surface area contributed by atoms with Gasteiger partial charge in [0.25, 0.3) is 0 Å². The fourth-order valence-corrected chi connectivity index (χ4v) is 9.72. The van der Waals surface area contributed by atoms with Crippen molar-refractivity contribution < 1.29 is 42.1 Å². The number of carbonyl (C=O) groups is 2. The zero-order chi connectivity index (χ0) is 64.1. The number of rotatable bonds is 62. The Hall–Kier alpha value is -4.63. The number of hydrogen-bond donors (Lipinski definition) is 1. The molecule has 0 amide bonds. The van der Waals surface area contributed by atoms with Crippen LogP contribution in [0.4, 0.5) is 0 Å². The largest absolute Gasteiger partial charge is 0.472 e. The maximum absolute atomic E-state index is 12.9. The fraction of sp³-hybridized carbons (Fsp3) is 0.615. The predicted octanol–water partition coefficient (Wildman–Crippen LogP) is 22.9. The molecule has 0 aromatic carbocycles. The first kappa shape index (κ1) is 83.4. The highest BCUT2D eigenvalue weighted by Crippen LogP contribution is 2.43. The van der Waals surface area contributed by atoms with Gasteiger partial charge >= 0.3 is 19.8 Å². The summed E-state index contributed by atoms with van der Waals surface area (Å²) in [5.41, 5.74) is 0. The van der Waals surface area contributed by atoms with Gasteiger partial charge in [0.05, 0.1) is 27.7 Å². The van der Waals surface area contributed by atoms with Crippen LogP contribution >= 0.6 is 7.82 Å². The molecule has 0 aliphatic heterocycles. The standard InChI is InChI=1S/C78H128NO8P/c1-6-8-10-12-14-16-18-20-22-24-26-28-30-31-32-33-34-35-36-37-38-39-40-41-42-43-44-45-46-47-49-51-53-55-57-59-61-63-65-67-69-71-78(81)87-76(75-86-88(82,83)85-73-72-79(3,4)5)74-84-77(80)70-68-66-64-62-60-58-56-54-52-50-48-29-27-25-23-21-19-17-15-13-11-9-7-2/h8-11,14-17,20-23,26-29,31-32,34-35,37-38,40-41,43-44,46-47,76H,6-7,12-13,18-19,24-25,30,33,36,39,42,45,48-75H2,1-5H3/p+1/b10-8-,11-9-,16-14-,17-15-,22-20-,23-21-,28-26-,29-27-,32-31-,35-34-,38-37-,41-40-,44-43-,47-46-. The van der Waals surface area contributed by atoms with Gasteiger partial charge in [0.1, 0.15) is 19.8 Å². The summed E-state index contributed by atoms with van der Waals surface area (Å²) in [5, 5.41) is 0. The van der Waals surface area contributed by atoms with Crippen molar-refractivity contribution in [2.45, 2.75) is 264 Å². The predicted molar refractivity (Wildman–Crippen MR) is 380 cm³/mol. The summed E-state index contributed by atoms with van der Waals surface area (Å²) in [6, 6.07) is 0. The summed E-state index contributed by atoms with van der Waals surface area (Å²) < 4.78 is 34.7. The fourth-order valence-electron chi connectivity index (χ4n) is 8.98. The van der Waals surface area contributed by atoms with Crippen LogP contribution in [0.1, 0.15) is 258 Å². The van der Waals surface area contributed by atoms with E-state index in [1.165, 1.54) is 77.0 Å². The van der Waals surface area contributed by atoms with E-state index < -0.39 is 26.5 Å². The molecule has 0 aliphatic carbocycles. The minimum atomic E-state index is -4.40. The van der Waals surface area contributed by atoms with E-state index in [9.17, 15) is 19.0 Å². The molecule has 88 heavy (non-hydrogen) atoms. The van der Waals surface area contributed by atoms with E-state index in [1.807, 2.05) is 21.1 Å². The SMILES string of the molecule is CC/C=C\C/C=C\C/C=C\C/C=C\C/C=C\C/C=C\C/C=C\C/C=C\C/C=C\C/C=C\CCCCCCCCCCCCC(=O)OC(COC(=O)CCCCCCCCCCCC/C=C\C/C=C\C/C=C\C/C=C\CC)COP(=O)(O)OCC[N+](C)(C)C. The molecule has 0 aliphatic rings. The molecule has 0 heterocycles. The Kier molecular flexibility index (Phi) is 63.3. The van der Waals surface area contributed by atoms with Gasteiger partial charge in [-0.25, -0.2) is 4.57 Å². The number of carbonyl (C=O) groups excluding carboxylic acids is 2. The van der Waals surface area contributed by atoms with E-state index in [2.05, 4.69) is 184 Å². The summed E-state index contributed by atoms with van der Waals surface area (Å²) >= 11 is 0. The summed E-state index contributed by atoms with van der Waals surface area (Å²) in [7, 11) is 1.45. The molecular weight excluding hydrogens is 1110 g/mol. The average molecular weight is 1240 g/mol. The first-order valence-electron chi connectivity index (χ1n) is 34.9. The number of unbranched alkanes of at least 4 members (excludes halogenated alkanes) is 20. The van der Waals surface area contributed by atoms with Crippen LogP contribution in [0, 0.1) is 0 Å². The Labute approximate surface area is 540 Å². The zero-order valence-electron chi connectivity index (χ0n) is 56.6. The molecule has 0 spiro atoms. The normalized spacial score (nSPS) is 14.2. The van der Waals surface area contributed by atoms with Crippen molar-refractivity contribution in [2.24, 2.45) is 0 Å². The number of phosphoric ester groups is 1. The van der Waals surface area contributed by atoms with Gasteiger partial charge in [-0.05, 0) is 128 Å². The van der Waals surface area contributed by atoms with E-state index >= 15 is 0 Å². The first-order valence-corrected chi connectivity index (χ1v) is 36.4. The number of allylic oxidation sites excluding steroid dienone is 28. The third-order valence-corrected chi connectivity index (χ3v) is 15.2. The molecule has 10 heteroatoms. The Morgan fingerprint density at radius 1 is 0.352 bits per heavy atom. The van der Waals surface area contributed by atoms with Crippen molar-refractivity contribution in [3.63, 3.8) is 0 Å². The summed E-state index contributed by atoms with van der Waals surface area (Å²) in [6.45, 7) is 4.19. The third kappa shape index (κ3) is 70.5. The topological polar surface area (TPSA) is 108 Å². The molecule has 498 valence electrons. The number of hydrogen-bond acceptors (Lipinski definition) is 7. The summed E-state index contributed by atoms with van der Waals surface area (Å²) in [6.07, 6.45) is 102. The zero-order valence-corrected chi connectivity index (χ0v) is 57.5. The molecule has 0 rings (SSSR count). The molecule has 0 fully saturated rings. The molecular formula is C78H129NO8P+. The number of ether oxygens (including phenoxy) is 2. The van der Waals surface area contributed by atoms with Gasteiger partial charge in [-0.3, -0.25) is 18.6 Å². The number of esters is 2. The second-order valence-electron chi connectivity index (χ2n) is 23.8. The van der Waals surface area contributed by atoms with E-state index in [0.717, 1.165) is 148 Å². The molecule has 9 nitrogen and oxygen atoms in total. The van der Waals surface area contributed by atoms with Gasteiger partial charge < -0.3 is 18.9 Å². The van der Waals surface area contributed by atoms with Crippen molar-refractivity contribution in [1.29, 1.82) is 0 Å². The summed E-state index contributed by atoms with van der Waals surface area (Å²) in [4.78, 5) is 35.9. The highest BCUT2D eigenvalue weighted by Gasteiger charge is 2.27. The molecule has 2 unspecified atom stereocenters. The van der Waals surface area contributed by atoms with Gasteiger partial charge in [-0.15, -0.1) is 0 Å². The number of quaternary nitrogens is 1. The van der Waals surface area contributed by atoms with Crippen LogP contribution < -0.4 is 0 Å². The molecule has 0 radical (unpaired) electrons. The minimum absolute atomic E-state index is 0.0220. The van der Waals surface area contributed by atoms with E-state index in [0.29, 0.717) is 17.4 Å². The van der Waals surface area contributed by atoms with Gasteiger partial charge in [0.2, 0.25) is 0 Å². The van der Waals surface area contributed by atoms with Crippen molar-refractivity contribution >= 4 is 19.8 Å². The number of likely N-dealkylation sites (N-methyl/N-ethyl adjacent to an activating group) is 1. The van der Waals surface area contributed by atoms with Gasteiger partial charge in [-0.1, -0.05) is 287 Å². The lowest BCUT2D eigenvalue weighted by Gasteiger charge is -2.24. The molecule has 1 N–H and O–H groups in total. The molecule has 2 atom stereocenters. The van der Waals surface area contributed by atoms with Crippen molar-refractivity contribution in [3.05, 3.63) is 170 Å². The van der Waals surface area contributed by atoms with Gasteiger partial charge in [0, 0.05) is 12.8 Å². The lowest BCUT2D eigenvalue weighted by molar-refractivity contribution is -0.870. The van der Waals surface area contributed by atoms with Crippen molar-refractivity contribution in [3.8, 4) is 0 Å². The Morgan fingerprint density at radius 3 is 0.909 bits per heavy atom. The quantitative estimate of drug-likeness (QED) is 0.0211. The van der Waals surface area contributed by atoms with Crippen LogP contribution in [0.5, 0.6) is 0 Å². The highest BCUT2D eigenvalue weighted by molar-refractivity contribution is 7.47. The molecule has 0 aromatic rings. The Bertz CT molecular complexity index is 2090. The minimum Gasteiger partial charge on any atom is -0.462 e. The van der Waals surface area contributed by atoms with Crippen LogP contribution in [-0.4, -0.2) is 74.9 Å². The van der Waals surface area contributed by atoms with E-state index in [4.69, 9.17) is 18.5 Å². The maximum Gasteiger partial charge on any atom is 0.472 e. The highest BCUT2D eigenvalue weighted by atomic mass is 31.2. The molecule has 0 bridgehead atoms. The average Bonchev–Trinajstić information content (AvgIpc) is 3.58. The smallest absolute Gasteiger partial charge is 0.462 e. The lowest BCUT2D eigenvalue weighted by atomic mass is 10.0. The Morgan fingerprint density at radius 2 is 0.614 bits per heavy atom. The van der Waals surface area contributed by atoms with Crippen molar-refractivity contribution in [1.82, 2.24) is 0 Å². The van der Waals surface area contributed by atoms with E-state index in [-0.39, 0.29) is 32.0 Å². The van der Waals surface area contributed by atoms with Gasteiger partial charge in [-0.2, -0.15) is 0 Å². The monoisotopic (exact) mass is 1240 g/mol. The molecule has 0 saturated heterocycles. The second kappa shape index (κ2) is 66.8. The number of phosphoric acid groups is 1. The van der Waals surface area contributed by atoms with Crippen LogP contribution in [0.2, 0.25) is 0 Å². The van der Waals surface area contributed by atoms with Crippen molar-refractivity contribution in [2.75, 3.05) is 47.5 Å². The third-order valence-electron chi connectivity index (χ3n) is 14.2.